The molecule has 1 aromatic heterocycles. The Morgan fingerprint density at radius 2 is 1.76 bits per heavy atom. The number of hydrogen-bond acceptors (Lipinski definition) is 5. The van der Waals surface area contributed by atoms with Gasteiger partial charge in [0.25, 0.3) is 0 Å². The predicted octanol–water partition coefficient (Wildman–Crippen LogP) is 4.91. The lowest BCUT2D eigenvalue weighted by molar-refractivity contribution is -0.120. The van der Waals surface area contributed by atoms with Crippen molar-refractivity contribution >= 4 is 34.1 Å². The molecule has 0 unspecified atom stereocenters. The van der Waals surface area contributed by atoms with E-state index in [-0.39, 0.29) is 16.9 Å². The van der Waals surface area contributed by atoms with E-state index in [2.05, 4.69) is 11.4 Å². The third kappa shape index (κ3) is 2.78. The van der Waals surface area contributed by atoms with E-state index in [0.717, 1.165) is 5.39 Å². The molecule has 37 heavy (non-hydrogen) atoms. The van der Waals surface area contributed by atoms with Crippen LogP contribution in [0.5, 0.6) is 5.75 Å². The van der Waals surface area contributed by atoms with E-state index in [9.17, 15) is 24.8 Å². The average Bonchev–Trinajstić information content (AvgIpc) is 3.36. The molecule has 0 fully saturated rings. The van der Waals surface area contributed by atoms with E-state index in [1.165, 1.54) is 12.1 Å². The molecule has 3 aromatic carbocycles. The fourth-order valence-electron chi connectivity index (χ4n) is 6.05. The highest BCUT2D eigenvalue weighted by Crippen LogP contribution is 2.57. The Kier molecular flexibility index (Phi) is 4.55. The molecule has 2 N–H and O–H groups in total. The van der Waals surface area contributed by atoms with E-state index in [4.69, 9.17) is 0 Å². The molecule has 7 heteroatoms. The monoisotopic (exact) mass is 489 g/mol. The van der Waals surface area contributed by atoms with Crippen molar-refractivity contribution in [1.82, 2.24) is 4.57 Å². The van der Waals surface area contributed by atoms with Gasteiger partial charge >= 0.3 is 0 Å². The molecule has 2 atom stereocenters. The molecule has 1 amide bonds. The van der Waals surface area contributed by atoms with Crippen LogP contribution in [0.4, 0.5) is 5.82 Å². The van der Waals surface area contributed by atoms with Gasteiger partial charge in [0.1, 0.15) is 29.0 Å². The van der Waals surface area contributed by atoms with Gasteiger partial charge in [0.15, 0.2) is 11.6 Å². The maximum Gasteiger partial charge on any atom is 0.238 e. The number of aromatic nitrogens is 1. The Labute approximate surface area is 213 Å². The van der Waals surface area contributed by atoms with Crippen LogP contribution in [0, 0.1) is 17.2 Å². The molecule has 182 valence electrons. The summed E-state index contributed by atoms with van der Waals surface area (Å²) in [5, 5.41) is 25.1. The minimum absolute atomic E-state index is 0.0600. The molecule has 7 nitrogen and oxygen atoms in total. The molecule has 1 aliphatic carbocycles. The van der Waals surface area contributed by atoms with Crippen molar-refractivity contribution in [2.75, 3.05) is 5.32 Å². The van der Waals surface area contributed by atoms with Gasteiger partial charge in [-0.15, -0.1) is 0 Å². The number of phenolic OH excluding ortho intramolecular Hbond substituents is 1. The minimum Gasteiger partial charge on any atom is -0.507 e. The second kappa shape index (κ2) is 7.40. The third-order valence-corrected chi connectivity index (χ3v) is 7.54. The normalized spacial score (nSPS) is 20.1. The zero-order valence-corrected chi connectivity index (χ0v) is 20.5. The highest BCUT2D eigenvalue weighted by Gasteiger charge is 2.63. The van der Waals surface area contributed by atoms with Crippen LogP contribution in [0.3, 0.4) is 0 Å². The quantitative estimate of drug-likeness (QED) is 0.307. The maximum absolute atomic E-state index is 14.6. The number of carbonyl (C=O) groups excluding carboxylic acids is 3. The van der Waals surface area contributed by atoms with Gasteiger partial charge in [-0.1, -0.05) is 48.5 Å². The van der Waals surface area contributed by atoms with Gasteiger partial charge in [0.05, 0.1) is 11.1 Å². The molecular formula is C30H23N3O4. The summed E-state index contributed by atoms with van der Waals surface area (Å²) in [6.07, 6.45) is 1.63. The molecule has 0 saturated heterocycles. The molecule has 2 heterocycles. The Balaban J connectivity index is 1.78. The van der Waals surface area contributed by atoms with Crippen molar-refractivity contribution in [3.63, 3.8) is 0 Å². The van der Waals surface area contributed by atoms with E-state index < -0.39 is 34.3 Å². The first-order valence-corrected chi connectivity index (χ1v) is 12.0. The first-order chi connectivity index (χ1) is 17.6. The largest absolute Gasteiger partial charge is 0.507 e. The molecule has 2 aliphatic rings. The van der Waals surface area contributed by atoms with Crippen LogP contribution in [-0.4, -0.2) is 27.1 Å². The van der Waals surface area contributed by atoms with Crippen molar-refractivity contribution < 1.29 is 19.5 Å². The zero-order valence-electron chi connectivity index (χ0n) is 20.5. The number of nitrogens with zero attached hydrogens (tertiary/aromatic N) is 2. The molecule has 0 saturated carbocycles. The van der Waals surface area contributed by atoms with Crippen LogP contribution in [-0.2, 0) is 15.7 Å². The number of ketones is 2. The molecule has 1 spiro atoms. The summed E-state index contributed by atoms with van der Waals surface area (Å²) in [5.41, 5.74) is -0.944. The van der Waals surface area contributed by atoms with Gasteiger partial charge in [-0.2, -0.15) is 5.26 Å². The summed E-state index contributed by atoms with van der Waals surface area (Å²) in [6, 6.07) is 19.0. The number of Topliss-reactive ketones (excluding diaryl/α,β-unsaturated/α-hetero) is 2. The van der Waals surface area contributed by atoms with Crippen LogP contribution < -0.4 is 5.32 Å². The van der Waals surface area contributed by atoms with Gasteiger partial charge in [0, 0.05) is 22.9 Å². The number of hydrogen-bond donors (Lipinski definition) is 2. The fraction of sp³-hybridized carbons (Fsp3) is 0.200. The second-order valence-electron chi connectivity index (χ2n) is 10.6. The van der Waals surface area contributed by atoms with Gasteiger partial charge in [-0.05, 0) is 49.2 Å². The number of nitriles is 1. The third-order valence-electron chi connectivity index (χ3n) is 7.54. The number of phenols is 1. The topological polar surface area (TPSA) is 112 Å². The summed E-state index contributed by atoms with van der Waals surface area (Å²) in [6.45, 7) is 5.79. The first-order valence-electron chi connectivity index (χ1n) is 12.0. The van der Waals surface area contributed by atoms with Crippen molar-refractivity contribution in [1.29, 1.82) is 5.26 Å². The van der Waals surface area contributed by atoms with E-state index in [0.29, 0.717) is 27.9 Å². The Hall–Kier alpha value is -4.70. The number of anilines is 1. The van der Waals surface area contributed by atoms with Gasteiger partial charge in [-0.3, -0.25) is 14.4 Å². The maximum atomic E-state index is 14.6. The summed E-state index contributed by atoms with van der Waals surface area (Å²) in [7, 11) is 0. The number of fused-ring (bicyclic) bond motifs is 3. The highest BCUT2D eigenvalue weighted by molar-refractivity contribution is 6.30. The molecule has 4 aromatic rings. The van der Waals surface area contributed by atoms with Crippen LogP contribution in [0.2, 0.25) is 0 Å². The minimum atomic E-state index is -1.78. The van der Waals surface area contributed by atoms with Gasteiger partial charge in [-0.25, -0.2) is 0 Å². The molecule has 1 aliphatic heterocycles. The fourth-order valence-corrected chi connectivity index (χ4v) is 6.05. The highest BCUT2D eigenvalue weighted by atomic mass is 16.3. The van der Waals surface area contributed by atoms with Crippen molar-refractivity contribution in [2.24, 2.45) is 5.92 Å². The van der Waals surface area contributed by atoms with Crippen molar-refractivity contribution in [3.05, 3.63) is 94.7 Å². The standard InChI is InChI=1S/C30H23N3O4/c1-29(2,3)33-15-17(14-31)23-27(33)32-28(37)24(25(35)18-10-4-5-13-21(18)34)30(23)20-12-7-9-16-8-6-11-19(22(16)20)26(30)36/h4-13,15,24,34H,1-3H3,(H,32,37)/t24-,30+/m1/s1. The smallest absolute Gasteiger partial charge is 0.238 e. The van der Waals surface area contributed by atoms with Crippen LogP contribution in [0.15, 0.2) is 66.9 Å². The SMILES string of the molecule is CC(C)(C)n1cc(C#N)c2c1NC(=O)[C@@H](C(=O)c1ccccc1O)[C@@]21C(=O)c2cccc3cccc1c23. The lowest BCUT2D eigenvalue weighted by atomic mass is 9.60. The van der Waals surface area contributed by atoms with Crippen LogP contribution >= 0.6 is 0 Å². The first kappa shape index (κ1) is 22.7. The van der Waals surface area contributed by atoms with E-state index >= 15 is 0 Å². The number of amides is 1. The lowest BCUT2D eigenvalue weighted by Gasteiger charge is -2.41. The molecular weight excluding hydrogens is 466 g/mol. The summed E-state index contributed by atoms with van der Waals surface area (Å²) in [4.78, 5) is 42.7. The van der Waals surface area contributed by atoms with E-state index in [1.54, 1.807) is 47.2 Å². The summed E-state index contributed by atoms with van der Waals surface area (Å²) < 4.78 is 1.78. The van der Waals surface area contributed by atoms with Crippen LogP contribution in [0.1, 0.15) is 58.2 Å². The van der Waals surface area contributed by atoms with E-state index in [1.807, 2.05) is 32.9 Å². The Morgan fingerprint density at radius 1 is 1.05 bits per heavy atom. The second-order valence-corrected chi connectivity index (χ2v) is 10.6. The zero-order chi connectivity index (χ0) is 26.3. The number of rotatable bonds is 2. The van der Waals surface area contributed by atoms with Crippen molar-refractivity contribution in [3.8, 4) is 11.8 Å². The van der Waals surface area contributed by atoms with Crippen LogP contribution in [0.25, 0.3) is 10.8 Å². The van der Waals surface area contributed by atoms with Gasteiger partial charge in [0.2, 0.25) is 5.91 Å². The summed E-state index contributed by atoms with van der Waals surface area (Å²) >= 11 is 0. The molecule has 0 radical (unpaired) electrons. The molecule has 6 rings (SSSR count). The number of benzene rings is 3. The number of nitrogens with one attached hydrogen (secondary N) is 1. The molecule has 0 bridgehead atoms. The van der Waals surface area contributed by atoms with Crippen molar-refractivity contribution in [2.45, 2.75) is 31.7 Å². The number of carbonyl (C=O) groups is 3. The number of para-hydroxylation sites is 1. The predicted molar refractivity (Wildman–Crippen MR) is 138 cm³/mol. The average molecular weight is 490 g/mol. The summed E-state index contributed by atoms with van der Waals surface area (Å²) in [5.74, 6) is -3.25. The Morgan fingerprint density at radius 3 is 2.43 bits per heavy atom. The number of aromatic hydroxyl groups is 1. The van der Waals surface area contributed by atoms with Gasteiger partial charge < -0.3 is 15.0 Å². The lowest BCUT2D eigenvalue weighted by Crippen LogP contribution is -2.54. The Bertz CT molecular complexity index is 1730.